The first-order valence-corrected chi connectivity index (χ1v) is 6.88. The molecule has 4 heteroatoms. The molecule has 3 rings (SSSR count). The van der Waals surface area contributed by atoms with E-state index in [1.165, 1.54) is 5.56 Å². The second kappa shape index (κ2) is 4.85. The highest BCUT2D eigenvalue weighted by atomic mass is 16.5. The van der Waals surface area contributed by atoms with Crippen LogP contribution in [0.1, 0.15) is 31.2 Å². The van der Waals surface area contributed by atoms with Crippen molar-refractivity contribution in [1.29, 1.82) is 0 Å². The van der Waals surface area contributed by atoms with Crippen LogP contribution >= 0.6 is 0 Å². The molecule has 0 spiro atoms. The van der Waals surface area contributed by atoms with E-state index in [4.69, 9.17) is 4.74 Å². The molecule has 0 aliphatic carbocycles. The Bertz CT molecular complexity index is 481. The molecular weight excluding hydrogens is 240 g/mol. The molecule has 0 bridgehead atoms. The van der Waals surface area contributed by atoms with E-state index < -0.39 is 0 Å². The van der Waals surface area contributed by atoms with Gasteiger partial charge in [-0.15, -0.1) is 0 Å². The van der Waals surface area contributed by atoms with E-state index in [9.17, 15) is 4.79 Å². The zero-order valence-electron chi connectivity index (χ0n) is 11.2. The molecule has 2 aliphatic rings. The quantitative estimate of drug-likeness (QED) is 0.872. The summed E-state index contributed by atoms with van der Waals surface area (Å²) in [6, 6.07) is 8.22. The van der Waals surface area contributed by atoms with Gasteiger partial charge in [0.1, 0.15) is 0 Å². The van der Waals surface area contributed by atoms with Gasteiger partial charge in [0.2, 0.25) is 5.91 Å². The zero-order chi connectivity index (χ0) is 13.3. The predicted octanol–water partition coefficient (Wildman–Crippen LogP) is 1.88. The van der Waals surface area contributed by atoms with E-state index in [1.54, 1.807) is 0 Å². The van der Waals surface area contributed by atoms with Crippen molar-refractivity contribution in [1.82, 2.24) is 5.32 Å². The first kappa shape index (κ1) is 12.5. The van der Waals surface area contributed by atoms with Gasteiger partial charge in [-0.05, 0) is 25.0 Å². The molecule has 2 N–H and O–H groups in total. The monoisotopic (exact) mass is 260 g/mol. The summed E-state index contributed by atoms with van der Waals surface area (Å²) < 4.78 is 5.36. The Hall–Kier alpha value is -1.55. The first-order chi connectivity index (χ1) is 9.16. The van der Waals surface area contributed by atoms with Crippen LogP contribution in [-0.2, 0) is 9.53 Å². The van der Waals surface area contributed by atoms with Crippen molar-refractivity contribution < 1.29 is 9.53 Å². The molecule has 2 aliphatic heterocycles. The number of hydrogen-bond acceptors (Lipinski definition) is 3. The first-order valence-electron chi connectivity index (χ1n) is 6.88. The van der Waals surface area contributed by atoms with Crippen LogP contribution in [0.2, 0.25) is 0 Å². The van der Waals surface area contributed by atoms with Crippen LogP contribution in [0.3, 0.4) is 0 Å². The molecule has 102 valence electrons. The minimum Gasteiger partial charge on any atom is -0.384 e. The Morgan fingerprint density at radius 2 is 2.37 bits per heavy atom. The number of anilines is 1. The van der Waals surface area contributed by atoms with E-state index in [-0.39, 0.29) is 17.4 Å². The molecule has 1 saturated heterocycles. The number of para-hydroxylation sites is 1. The van der Waals surface area contributed by atoms with Crippen molar-refractivity contribution in [2.24, 2.45) is 0 Å². The molecule has 1 aromatic rings. The number of amides is 1. The van der Waals surface area contributed by atoms with Crippen molar-refractivity contribution in [2.75, 3.05) is 25.1 Å². The van der Waals surface area contributed by atoms with Crippen LogP contribution in [-0.4, -0.2) is 31.2 Å². The Balaban J connectivity index is 1.62. The Labute approximate surface area is 113 Å². The summed E-state index contributed by atoms with van der Waals surface area (Å²) in [6.07, 6.45) is 1.44. The van der Waals surface area contributed by atoms with E-state index >= 15 is 0 Å². The van der Waals surface area contributed by atoms with Crippen LogP contribution in [0.5, 0.6) is 0 Å². The standard InChI is InChI=1S/C15H20N2O2/c1-15(6-7-19-10-15)17-14(18)8-11-9-16-13-5-3-2-4-12(11)13/h2-5,11,16H,6-10H2,1H3,(H,17,18). The second-order valence-corrected chi connectivity index (χ2v) is 5.78. The molecule has 19 heavy (non-hydrogen) atoms. The fraction of sp³-hybridized carbons (Fsp3) is 0.533. The smallest absolute Gasteiger partial charge is 0.221 e. The molecule has 0 saturated carbocycles. The average Bonchev–Trinajstić information content (AvgIpc) is 2.97. The van der Waals surface area contributed by atoms with E-state index in [0.717, 1.165) is 25.3 Å². The van der Waals surface area contributed by atoms with Gasteiger partial charge in [0.05, 0.1) is 12.1 Å². The minimum atomic E-state index is -0.178. The maximum Gasteiger partial charge on any atom is 0.221 e. The maximum absolute atomic E-state index is 12.2. The summed E-state index contributed by atoms with van der Waals surface area (Å²) in [5.41, 5.74) is 2.24. The topological polar surface area (TPSA) is 50.4 Å². The van der Waals surface area contributed by atoms with E-state index in [0.29, 0.717) is 13.0 Å². The predicted molar refractivity (Wildman–Crippen MR) is 74.3 cm³/mol. The normalized spacial score (nSPS) is 28.8. The molecular formula is C15H20N2O2. The number of hydrogen-bond donors (Lipinski definition) is 2. The lowest BCUT2D eigenvalue weighted by atomic mass is 9.96. The number of rotatable bonds is 3. The number of nitrogens with one attached hydrogen (secondary N) is 2. The van der Waals surface area contributed by atoms with Crippen molar-refractivity contribution in [3.8, 4) is 0 Å². The average molecular weight is 260 g/mol. The Morgan fingerprint density at radius 3 is 3.16 bits per heavy atom. The summed E-state index contributed by atoms with van der Waals surface area (Å²) in [5.74, 6) is 0.402. The molecule has 1 aromatic carbocycles. The molecule has 2 unspecified atom stereocenters. The fourth-order valence-corrected chi connectivity index (χ4v) is 2.92. The summed E-state index contributed by atoms with van der Waals surface area (Å²) in [4.78, 5) is 12.2. The fourth-order valence-electron chi connectivity index (χ4n) is 2.92. The van der Waals surface area contributed by atoms with Gasteiger partial charge in [-0.2, -0.15) is 0 Å². The maximum atomic E-state index is 12.2. The van der Waals surface area contributed by atoms with Gasteiger partial charge in [-0.25, -0.2) is 0 Å². The van der Waals surface area contributed by atoms with Gasteiger partial charge in [0.25, 0.3) is 0 Å². The van der Waals surface area contributed by atoms with Gasteiger partial charge >= 0.3 is 0 Å². The number of benzene rings is 1. The Kier molecular flexibility index (Phi) is 3.19. The third-order valence-electron chi connectivity index (χ3n) is 4.03. The van der Waals surface area contributed by atoms with Gasteiger partial charge < -0.3 is 15.4 Å². The largest absolute Gasteiger partial charge is 0.384 e. The van der Waals surface area contributed by atoms with Crippen LogP contribution in [0, 0.1) is 0 Å². The van der Waals surface area contributed by atoms with Gasteiger partial charge in [0, 0.05) is 31.2 Å². The molecule has 1 fully saturated rings. The SMILES string of the molecule is CC1(NC(=O)CC2CNc3ccccc32)CCOC1. The lowest BCUT2D eigenvalue weighted by Gasteiger charge is -2.24. The van der Waals surface area contributed by atoms with Gasteiger partial charge in [0.15, 0.2) is 0 Å². The number of carbonyl (C=O) groups is 1. The molecule has 0 aromatic heterocycles. The molecule has 2 heterocycles. The lowest BCUT2D eigenvalue weighted by molar-refractivity contribution is -0.123. The third kappa shape index (κ3) is 2.59. The van der Waals surface area contributed by atoms with Crippen molar-refractivity contribution in [3.05, 3.63) is 29.8 Å². The molecule has 0 radical (unpaired) electrons. The van der Waals surface area contributed by atoms with Gasteiger partial charge in [-0.1, -0.05) is 18.2 Å². The molecule has 4 nitrogen and oxygen atoms in total. The highest BCUT2D eigenvalue weighted by Gasteiger charge is 2.32. The summed E-state index contributed by atoms with van der Waals surface area (Å²) in [5, 5.41) is 6.48. The third-order valence-corrected chi connectivity index (χ3v) is 4.03. The summed E-state index contributed by atoms with van der Waals surface area (Å²) in [6.45, 7) is 4.27. The minimum absolute atomic E-state index is 0.122. The van der Waals surface area contributed by atoms with Crippen LogP contribution in [0.15, 0.2) is 24.3 Å². The number of ether oxygens (including phenoxy) is 1. The molecule has 2 atom stereocenters. The second-order valence-electron chi connectivity index (χ2n) is 5.78. The number of fused-ring (bicyclic) bond motifs is 1. The molecule has 1 amide bonds. The van der Waals surface area contributed by atoms with Crippen LogP contribution in [0.25, 0.3) is 0 Å². The zero-order valence-corrected chi connectivity index (χ0v) is 11.2. The highest BCUT2D eigenvalue weighted by Crippen LogP contribution is 2.33. The van der Waals surface area contributed by atoms with Crippen molar-refractivity contribution in [3.63, 3.8) is 0 Å². The van der Waals surface area contributed by atoms with E-state index in [1.807, 2.05) is 12.1 Å². The van der Waals surface area contributed by atoms with Gasteiger partial charge in [-0.3, -0.25) is 4.79 Å². The number of carbonyl (C=O) groups excluding carboxylic acids is 1. The summed E-state index contributed by atoms with van der Waals surface area (Å²) in [7, 11) is 0. The van der Waals surface area contributed by atoms with E-state index in [2.05, 4.69) is 29.7 Å². The lowest BCUT2D eigenvalue weighted by Crippen LogP contribution is -2.46. The van der Waals surface area contributed by atoms with Crippen LogP contribution < -0.4 is 10.6 Å². The Morgan fingerprint density at radius 1 is 1.53 bits per heavy atom. The van der Waals surface area contributed by atoms with Crippen molar-refractivity contribution in [2.45, 2.75) is 31.2 Å². The summed E-state index contributed by atoms with van der Waals surface area (Å²) >= 11 is 0. The van der Waals surface area contributed by atoms with Crippen LogP contribution in [0.4, 0.5) is 5.69 Å². The van der Waals surface area contributed by atoms with Crippen molar-refractivity contribution >= 4 is 11.6 Å². The highest BCUT2D eigenvalue weighted by molar-refractivity contribution is 5.79.